The fourth-order valence-corrected chi connectivity index (χ4v) is 3.67. The number of esters is 1. The van der Waals surface area contributed by atoms with Gasteiger partial charge < -0.3 is 9.64 Å². The third-order valence-corrected chi connectivity index (χ3v) is 4.96. The van der Waals surface area contributed by atoms with Crippen LogP contribution in [0, 0.1) is 23.2 Å². The number of amides is 1. The highest BCUT2D eigenvalue weighted by Gasteiger charge is 2.32. The number of rotatable bonds is 4. The van der Waals surface area contributed by atoms with E-state index in [2.05, 4.69) is 18.4 Å². The Morgan fingerprint density at radius 3 is 2.84 bits per heavy atom. The van der Waals surface area contributed by atoms with Gasteiger partial charge in [-0.1, -0.05) is 17.9 Å². The Balaban J connectivity index is 2.42. The Bertz CT molecular complexity index is 730. The average molecular weight is 359 g/mol. The first-order valence-corrected chi connectivity index (χ1v) is 9.26. The molecule has 1 fully saturated rings. The van der Waals surface area contributed by atoms with Gasteiger partial charge in [0.05, 0.1) is 17.7 Å². The number of thiophene rings is 1. The summed E-state index contributed by atoms with van der Waals surface area (Å²) in [5.41, 5.74) is 0.486. The molecule has 1 aromatic heterocycles. The first-order chi connectivity index (χ1) is 11.8. The molecule has 0 saturated carbocycles. The van der Waals surface area contributed by atoms with Crippen LogP contribution in [0.1, 0.15) is 54.6 Å². The van der Waals surface area contributed by atoms with E-state index < -0.39 is 5.97 Å². The fraction of sp³-hybridized carbons (Fsp3) is 0.500. The molecule has 134 valence electrons. The molecule has 1 saturated heterocycles. The smallest absolute Gasteiger partial charge is 0.350 e. The molecule has 1 unspecified atom stereocenters. The molecule has 0 aliphatic carbocycles. The van der Waals surface area contributed by atoms with Gasteiger partial charge in [-0.25, -0.2) is 4.79 Å². The third kappa shape index (κ3) is 4.73. The minimum atomic E-state index is -0.428. The number of anilines is 1. The van der Waals surface area contributed by atoms with Crippen molar-refractivity contribution in [2.24, 2.45) is 11.3 Å². The van der Waals surface area contributed by atoms with Crippen LogP contribution in [0.3, 0.4) is 0 Å². The quantitative estimate of drug-likeness (QED) is 0.459. The number of allylic oxidation sites excluding steroid dienone is 1. The SMILES string of the molecule is C=CCC1CCCN(c2cc(C#CC(C)(C)C)sc2C(=O)OC)C1=O. The minimum Gasteiger partial charge on any atom is -0.465 e. The molecule has 1 atom stereocenters. The van der Waals surface area contributed by atoms with Crippen LogP contribution in [0.25, 0.3) is 0 Å². The second-order valence-corrected chi connectivity index (χ2v) is 8.22. The summed E-state index contributed by atoms with van der Waals surface area (Å²) >= 11 is 1.28. The lowest BCUT2D eigenvalue weighted by molar-refractivity contribution is -0.123. The van der Waals surface area contributed by atoms with Gasteiger partial charge in [0.15, 0.2) is 0 Å². The molecule has 0 bridgehead atoms. The summed E-state index contributed by atoms with van der Waals surface area (Å²) in [5, 5.41) is 0. The lowest BCUT2D eigenvalue weighted by atomic mass is 9.93. The zero-order valence-electron chi connectivity index (χ0n) is 15.3. The van der Waals surface area contributed by atoms with Crippen LogP contribution in [0.5, 0.6) is 0 Å². The highest BCUT2D eigenvalue weighted by Crippen LogP contribution is 2.35. The van der Waals surface area contributed by atoms with Crippen LogP contribution in [0.4, 0.5) is 5.69 Å². The number of nitrogens with zero attached hydrogens (tertiary/aromatic N) is 1. The van der Waals surface area contributed by atoms with Gasteiger partial charge in [-0.05, 0) is 46.1 Å². The highest BCUT2D eigenvalue weighted by molar-refractivity contribution is 7.15. The van der Waals surface area contributed by atoms with Gasteiger partial charge in [0.1, 0.15) is 4.88 Å². The first-order valence-electron chi connectivity index (χ1n) is 8.44. The van der Waals surface area contributed by atoms with Crippen molar-refractivity contribution in [2.45, 2.75) is 40.0 Å². The zero-order chi connectivity index (χ0) is 18.6. The zero-order valence-corrected chi connectivity index (χ0v) is 16.2. The summed E-state index contributed by atoms with van der Waals surface area (Å²) in [5.74, 6) is 5.84. The first kappa shape index (κ1) is 19.3. The summed E-state index contributed by atoms with van der Waals surface area (Å²) in [6.45, 7) is 10.4. The van der Waals surface area contributed by atoms with E-state index >= 15 is 0 Å². The standard InChI is InChI=1S/C20H25NO3S/c1-6-8-14-9-7-12-21(18(14)22)16-13-15(10-11-20(2,3)4)25-17(16)19(23)24-5/h6,13-14H,1,7-9,12H2,2-5H3. The van der Waals surface area contributed by atoms with Gasteiger partial charge in [0.2, 0.25) is 5.91 Å². The molecule has 2 heterocycles. The molecule has 0 aromatic carbocycles. The molecule has 25 heavy (non-hydrogen) atoms. The van der Waals surface area contributed by atoms with E-state index in [9.17, 15) is 9.59 Å². The highest BCUT2D eigenvalue weighted by atomic mass is 32.1. The summed E-state index contributed by atoms with van der Waals surface area (Å²) < 4.78 is 4.91. The maximum Gasteiger partial charge on any atom is 0.350 e. The van der Waals surface area contributed by atoms with Crippen molar-refractivity contribution < 1.29 is 14.3 Å². The molecule has 0 radical (unpaired) electrons. The Kier molecular flexibility index (Phi) is 6.07. The van der Waals surface area contributed by atoms with E-state index in [1.165, 1.54) is 18.4 Å². The molecule has 5 heteroatoms. The van der Waals surface area contributed by atoms with Crippen LogP contribution >= 0.6 is 11.3 Å². The second-order valence-electron chi connectivity index (χ2n) is 7.17. The average Bonchev–Trinajstić information content (AvgIpc) is 2.98. The van der Waals surface area contributed by atoms with Gasteiger partial charge in [-0.15, -0.1) is 17.9 Å². The van der Waals surface area contributed by atoms with Crippen molar-refractivity contribution in [2.75, 3.05) is 18.6 Å². The van der Waals surface area contributed by atoms with E-state index in [0.717, 1.165) is 17.7 Å². The van der Waals surface area contributed by atoms with Gasteiger partial charge in [0, 0.05) is 17.9 Å². The Hall–Kier alpha value is -2.06. The Morgan fingerprint density at radius 1 is 1.52 bits per heavy atom. The summed E-state index contributed by atoms with van der Waals surface area (Å²) in [6, 6.07) is 1.84. The molecule has 1 aliphatic heterocycles. The van der Waals surface area contributed by atoms with Gasteiger partial charge >= 0.3 is 5.97 Å². The number of piperidine rings is 1. The van der Waals surface area contributed by atoms with Crippen molar-refractivity contribution in [3.63, 3.8) is 0 Å². The van der Waals surface area contributed by atoms with Crippen molar-refractivity contribution >= 4 is 28.9 Å². The molecule has 0 spiro atoms. The van der Waals surface area contributed by atoms with Crippen LogP contribution < -0.4 is 4.90 Å². The molecular weight excluding hydrogens is 334 g/mol. The predicted octanol–water partition coefficient (Wildman–Crippen LogP) is 4.25. The van der Waals surface area contributed by atoms with Crippen LogP contribution in [-0.2, 0) is 9.53 Å². The van der Waals surface area contributed by atoms with E-state index in [0.29, 0.717) is 23.5 Å². The van der Waals surface area contributed by atoms with E-state index in [4.69, 9.17) is 4.74 Å². The van der Waals surface area contributed by atoms with E-state index in [-0.39, 0.29) is 17.2 Å². The lowest BCUT2D eigenvalue weighted by Crippen LogP contribution is -2.41. The maximum absolute atomic E-state index is 12.8. The monoisotopic (exact) mass is 359 g/mol. The number of carbonyl (C=O) groups is 2. The largest absolute Gasteiger partial charge is 0.465 e. The number of hydrogen-bond acceptors (Lipinski definition) is 4. The van der Waals surface area contributed by atoms with Crippen LogP contribution in [0.15, 0.2) is 18.7 Å². The van der Waals surface area contributed by atoms with Crippen molar-refractivity contribution in [1.82, 2.24) is 0 Å². The normalized spacial score (nSPS) is 17.7. The van der Waals surface area contributed by atoms with Crippen molar-refractivity contribution in [3.05, 3.63) is 28.5 Å². The van der Waals surface area contributed by atoms with E-state index in [1.54, 1.807) is 11.0 Å². The maximum atomic E-state index is 12.8. The van der Waals surface area contributed by atoms with Gasteiger partial charge in [-0.3, -0.25) is 4.79 Å². The van der Waals surface area contributed by atoms with Crippen LogP contribution in [0.2, 0.25) is 0 Å². The number of ether oxygens (including phenoxy) is 1. The minimum absolute atomic E-state index is 0.0458. The van der Waals surface area contributed by atoms with Gasteiger partial charge in [0.25, 0.3) is 0 Å². The topological polar surface area (TPSA) is 46.6 Å². The van der Waals surface area contributed by atoms with Crippen molar-refractivity contribution in [3.8, 4) is 11.8 Å². The summed E-state index contributed by atoms with van der Waals surface area (Å²) in [7, 11) is 1.35. The number of methoxy groups -OCH3 is 1. The predicted molar refractivity (Wildman–Crippen MR) is 102 cm³/mol. The van der Waals surface area contributed by atoms with E-state index in [1.807, 2.05) is 26.8 Å². The molecular formula is C20H25NO3S. The van der Waals surface area contributed by atoms with Crippen molar-refractivity contribution in [1.29, 1.82) is 0 Å². The number of carbonyl (C=O) groups excluding carboxylic acids is 2. The second kappa shape index (κ2) is 7.88. The summed E-state index contributed by atoms with van der Waals surface area (Å²) in [6.07, 6.45) is 4.20. The fourth-order valence-electron chi connectivity index (χ4n) is 2.74. The third-order valence-electron chi connectivity index (χ3n) is 3.94. The summed E-state index contributed by atoms with van der Waals surface area (Å²) in [4.78, 5) is 27.9. The molecule has 2 rings (SSSR count). The molecule has 1 amide bonds. The lowest BCUT2D eigenvalue weighted by Gasteiger charge is -2.31. The molecule has 1 aliphatic rings. The Morgan fingerprint density at radius 2 is 2.24 bits per heavy atom. The van der Waals surface area contributed by atoms with Gasteiger partial charge in [-0.2, -0.15) is 0 Å². The number of hydrogen-bond donors (Lipinski definition) is 0. The molecule has 1 aromatic rings. The van der Waals surface area contributed by atoms with Crippen LogP contribution in [-0.4, -0.2) is 25.5 Å². The molecule has 4 nitrogen and oxygen atoms in total. The Labute approximate surface area is 153 Å². The molecule has 0 N–H and O–H groups in total.